The molecule has 2 aromatic rings. The molecule has 1 amide bonds. The van der Waals surface area contributed by atoms with Crippen LogP contribution in [0.4, 0.5) is 0 Å². The molecule has 0 bridgehead atoms. The van der Waals surface area contributed by atoms with E-state index in [4.69, 9.17) is 4.52 Å². The highest BCUT2D eigenvalue weighted by Gasteiger charge is 2.24. The smallest absolute Gasteiger partial charge is 0.266 e. The van der Waals surface area contributed by atoms with Crippen molar-refractivity contribution in [1.82, 2.24) is 15.4 Å². The molecule has 2 rings (SSSR count). The monoisotopic (exact) mass is 351 g/mol. The van der Waals surface area contributed by atoms with Crippen LogP contribution < -0.4 is 10.3 Å². The van der Waals surface area contributed by atoms with Crippen LogP contribution in [-0.2, 0) is 15.4 Å². The number of nitrogens with zero attached hydrogens (tertiary/aromatic N) is 1. The summed E-state index contributed by atoms with van der Waals surface area (Å²) in [5.41, 5.74) is 3.82. The van der Waals surface area contributed by atoms with Gasteiger partial charge < -0.3 is 4.52 Å². The minimum atomic E-state index is -3.95. The van der Waals surface area contributed by atoms with E-state index < -0.39 is 15.9 Å². The van der Waals surface area contributed by atoms with Gasteiger partial charge in [0.05, 0.1) is 0 Å². The van der Waals surface area contributed by atoms with E-state index in [2.05, 4.69) is 36.2 Å². The Balaban J connectivity index is 2.11. The number of carbonyl (C=O) groups excluding carboxylic acids is 1. The zero-order valence-corrected chi connectivity index (χ0v) is 15.1. The average molecular weight is 351 g/mol. The van der Waals surface area contributed by atoms with Crippen molar-refractivity contribution in [2.24, 2.45) is 0 Å². The van der Waals surface area contributed by atoms with Gasteiger partial charge in [0, 0.05) is 5.56 Å². The molecule has 24 heavy (non-hydrogen) atoms. The number of hydrogen-bond donors (Lipinski definition) is 2. The first kappa shape index (κ1) is 18.2. The molecule has 130 valence electrons. The Bertz CT molecular complexity index is 827. The quantitative estimate of drug-likeness (QED) is 0.823. The largest absolute Gasteiger partial charge is 0.360 e. The second kappa shape index (κ2) is 6.37. The molecule has 0 aliphatic heterocycles. The van der Waals surface area contributed by atoms with Crippen LogP contribution in [0.3, 0.4) is 0 Å². The molecule has 8 heteroatoms. The fourth-order valence-corrected chi connectivity index (χ4v) is 3.39. The number of hydrogen-bond acceptors (Lipinski definition) is 5. The summed E-state index contributed by atoms with van der Waals surface area (Å²) in [4.78, 5) is 14.1. The number of sulfonamides is 1. The SMILES string of the molecule is Cc1noc(C)c1S(=O)(=O)NNC(=O)c1ccc(C(C)(C)C)cc1. The number of aryl methyl sites for hydroxylation is 2. The molecule has 2 N–H and O–H groups in total. The van der Waals surface area contributed by atoms with E-state index in [1.54, 1.807) is 12.1 Å². The number of carbonyl (C=O) groups is 1. The van der Waals surface area contributed by atoms with Crippen LogP contribution in [0.2, 0.25) is 0 Å². The molecule has 0 aliphatic carbocycles. The number of rotatable bonds is 4. The molecule has 1 aromatic heterocycles. The standard InChI is InChI=1S/C16H21N3O4S/c1-10-14(11(2)23-18-10)24(21,22)19-17-15(20)12-6-8-13(9-7-12)16(3,4)5/h6-9,19H,1-5H3,(H,17,20). The fraction of sp³-hybridized carbons (Fsp3) is 0.375. The number of amides is 1. The van der Waals surface area contributed by atoms with Crippen molar-refractivity contribution in [3.8, 4) is 0 Å². The Morgan fingerprint density at radius 2 is 1.71 bits per heavy atom. The molecular weight excluding hydrogens is 330 g/mol. The van der Waals surface area contributed by atoms with Crippen molar-refractivity contribution in [3.63, 3.8) is 0 Å². The lowest BCUT2D eigenvalue weighted by Crippen LogP contribution is -2.41. The summed E-state index contributed by atoms with van der Waals surface area (Å²) >= 11 is 0. The lowest BCUT2D eigenvalue weighted by atomic mass is 9.87. The number of hydrazine groups is 1. The first-order valence-electron chi connectivity index (χ1n) is 7.38. The fourth-order valence-electron chi connectivity index (χ4n) is 2.22. The van der Waals surface area contributed by atoms with E-state index in [0.717, 1.165) is 5.56 Å². The van der Waals surface area contributed by atoms with Gasteiger partial charge in [0.25, 0.3) is 15.9 Å². The molecule has 0 fully saturated rings. The summed E-state index contributed by atoms with van der Waals surface area (Å²) in [6, 6.07) is 7.00. The average Bonchev–Trinajstić information content (AvgIpc) is 2.84. The predicted molar refractivity (Wildman–Crippen MR) is 88.9 cm³/mol. The van der Waals surface area contributed by atoms with Crippen LogP contribution in [0.15, 0.2) is 33.7 Å². The highest BCUT2D eigenvalue weighted by atomic mass is 32.2. The van der Waals surface area contributed by atoms with Crippen LogP contribution >= 0.6 is 0 Å². The Morgan fingerprint density at radius 1 is 1.12 bits per heavy atom. The third-order valence-electron chi connectivity index (χ3n) is 3.55. The van der Waals surface area contributed by atoms with Crippen LogP contribution in [0.5, 0.6) is 0 Å². The minimum Gasteiger partial charge on any atom is -0.360 e. The zero-order valence-electron chi connectivity index (χ0n) is 14.3. The van der Waals surface area contributed by atoms with Crippen LogP contribution in [-0.4, -0.2) is 19.5 Å². The first-order chi connectivity index (χ1) is 11.0. The summed E-state index contributed by atoms with van der Waals surface area (Å²) in [6.45, 7) is 9.21. The maximum absolute atomic E-state index is 12.2. The van der Waals surface area contributed by atoms with Gasteiger partial charge >= 0.3 is 0 Å². The second-order valence-electron chi connectivity index (χ2n) is 6.54. The van der Waals surface area contributed by atoms with Crippen molar-refractivity contribution in [1.29, 1.82) is 0 Å². The lowest BCUT2D eigenvalue weighted by Gasteiger charge is -2.19. The number of aromatic nitrogens is 1. The van der Waals surface area contributed by atoms with Crippen LogP contribution in [0, 0.1) is 13.8 Å². The first-order valence-corrected chi connectivity index (χ1v) is 8.86. The van der Waals surface area contributed by atoms with Crippen molar-refractivity contribution >= 4 is 15.9 Å². The van der Waals surface area contributed by atoms with Gasteiger partial charge in [-0.2, -0.15) is 0 Å². The van der Waals surface area contributed by atoms with Crippen molar-refractivity contribution in [2.45, 2.75) is 44.9 Å². The number of benzene rings is 1. The zero-order chi connectivity index (χ0) is 18.1. The van der Waals surface area contributed by atoms with Crippen molar-refractivity contribution < 1.29 is 17.7 Å². The molecule has 7 nitrogen and oxygen atoms in total. The lowest BCUT2D eigenvalue weighted by molar-refractivity contribution is 0.0945. The Morgan fingerprint density at radius 3 is 2.17 bits per heavy atom. The Kier molecular flexibility index (Phi) is 4.82. The highest BCUT2D eigenvalue weighted by Crippen LogP contribution is 2.22. The molecule has 0 spiro atoms. The summed E-state index contributed by atoms with van der Waals surface area (Å²) in [7, 11) is -3.95. The van der Waals surface area contributed by atoms with E-state index in [1.807, 2.05) is 12.1 Å². The minimum absolute atomic E-state index is 0.0278. The molecular formula is C16H21N3O4S. The molecule has 0 radical (unpaired) electrons. The summed E-state index contributed by atoms with van der Waals surface area (Å²) in [6.07, 6.45) is 0. The predicted octanol–water partition coefficient (Wildman–Crippen LogP) is 2.21. The third-order valence-corrected chi connectivity index (χ3v) is 5.04. The summed E-state index contributed by atoms with van der Waals surface area (Å²) in [5.74, 6) is -0.394. The van der Waals surface area contributed by atoms with E-state index >= 15 is 0 Å². The van der Waals surface area contributed by atoms with E-state index in [9.17, 15) is 13.2 Å². The van der Waals surface area contributed by atoms with Gasteiger partial charge in [-0.05, 0) is 37.0 Å². The van der Waals surface area contributed by atoms with Gasteiger partial charge in [0.15, 0.2) is 5.76 Å². The normalized spacial score (nSPS) is 12.2. The van der Waals surface area contributed by atoms with E-state index in [-0.39, 0.29) is 21.8 Å². The summed E-state index contributed by atoms with van der Waals surface area (Å²) in [5, 5.41) is 3.59. The van der Waals surface area contributed by atoms with Crippen molar-refractivity contribution in [2.75, 3.05) is 0 Å². The Hall–Kier alpha value is -2.19. The molecule has 0 unspecified atom stereocenters. The van der Waals surface area contributed by atoms with Crippen molar-refractivity contribution in [3.05, 3.63) is 46.8 Å². The molecule has 0 saturated carbocycles. The van der Waals surface area contributed by atoms with Gasteiger partial charge in [-0.1, -0.05) is 38.1 Å². The maximum atomic E-state index is 12.2. The third kappa shape index (κ3) is 3.82. The molecule has 0 saturated heterocycles. The van der Waals surface area contributed by atoms with Crippen LogP contribution in [0.25, 0.3) is 0 Å². The molecule has 0 atom stereocenters. The molecule has 1 aromatic carbocycles. The van der Waals surface area contributed by atoms with Crippen LogP contribution in [0.1, 0.15) is 48.1 Å². The topological polar surface area (TPSA) is 101 Å². The summed E-state index contributed by atoms with van der Waals surface area (Å²) < 4.78 is 29.3. The van der Waals surface area contributed by atoms with Gasteiger partial charge in [-0.25, -0.2) is 8.42 Å². The van der Waals surface area contributed by atoms with Gasteiger partial charge in [0.2, 0.25) is 0 Å². The van der Waals surface area contributed by atoms with E-state index in [0.29, 0.717) is 5.56 Å². The maximum Gasteiger partial charge on any atom is 0.266 e. The Labute approximate surface area is 141 Å². The second-order valence-corrected chi connectivity index (χ2v) is 8.16. The van der Waals surface area contributed by atoms with E-state index in [1.165, 1.54) is 13.8 Å². The molecule has 0 aliphatic rings. The molecule has 1 heterocycles. The number of nitrogens with one attached hydrogen (secondary N) is 2. The van der Waals surface area contributed by atoms with Gasteiger partial charge in [-0.3, -0.25) is 10.2 Å². The highest BCUT2D eigenvalue weighted by molar-refractivity contribution is 7.89. The van der Waals surface area contributed by atoms with Gasteiger partial charge in [0.1, 0.15) is 10.6 Å². The van der Waals surface area contributed by atoms with Gasteiger partial charge in [-0.15, -0.1) is 4.83 Å².